The summed E-state index contributed by atoms with van der Waals surface area (Å²) in [4.78, 5) is 4.52. The first-order valence-electron chi connectivity index (χ1n) is 6.73. The Morgan fingerprint density at radius 1 is 1.41 bits per heavy atom. The van der Waals surface area contributed by atoms with Crippen molar-refractivity contribution in [2.75, 3.05) is 0 Å². The van der Waals surface area contributed by atoms with Crippen molar-refractivity contribution in [2.45, 2.75) is 52.5 Å². The molecule has 17 heavy (non-hydrogen) atoms. The number of nitrogens with two attached hydrogens (primary N) is 1. The van der Waals surface area contributed by atoms with Gasteiger partial charge in [-0.05, 0) is 37.5 Å². The third-order valence-electron chi connectivity index (χ3n) is 4.36. The lowest BCUT2D eigenvalue weighted by molar-refractivity contribution is 0.185. The van der Waals surface area contributed by atoms with Crippen LogP contribution in [0.5, 0.6) is 0 Å². The van der Waals surface area contributed by atoms with Crippen LogP contribution in [0.25, 0.3) is 0 Å². The Hall–Kier alpha value is -0.410. The van der Waals surface area contributed by atoms with Crippen molar-refractivity contribution < 1.29 is 0 Å². The monoisotopic (exact) mass is 252 g/mol. The summed E-state index contributed by atoms with van der Waals surface area (Å²) in [6.45, 7) is 6.80. The minimum absolute atomic E-state index is 0.298. The van der Waals surface area contributed by atoms with Crippen LogP contribution in [0.4, 0.5) is 0 Å². The third kappa shape index (κ3) is 3.29. The first-order valence-corrected chi connectivity index (χ1v) is 7.60. The zero-order valence-corrected chi connectivity index (χ0v) is 12.0. The van der Waals surface area contributed by atoms with Crippen LogP contribution in [0.15, 0.2) is 5.38 Å². The number of hydrogen-bond donors (Lipinski definition) is 1. The molecule has 2 nitrogen and oxygen atoms in total. The second-order valence-electron chi connectivity index (χ2n) is 5.75. The zero-order valence-electron chi connectivity index (χ0n) is 11.1. The van der Waals surface area contributed by atoms with Crippen molar-refractivity contribution in [2.24, 2.45) is 23.5 Å². The van der Waals surface area contributed by atoms with Crippen LogP contribution in [0.3, 0.4) is 0 Å². The minimum Gasteiger partial charge on any atom is -0.327 e. The van der Waals surface area contributed by atoms with E-state index in [1.165, 1.54) is 25.0 Å². The maximum Gasteiger partial charge on any atom is 0.0897 e. The third-order valence-corrected chi connectivity index (χ3v) is 5.18. The number of thiazole rings is 1. The molecule has 3 heteroatoms. The molecule has 4 unspecified atom stereocenters. The molecule has 1 aliphatic carbocycles. The predicted molar refractivity (Wildman–Crippen MR) is 74.2 cm³/mol. The normalized spacial score (nSPS) is 31.4. The summed E-state index contributed by atoms with van der Waals surface area (Å²) in [5, 5.41) is 3.31. The van der Waals surface area contributed by atoms with Gasteiger partial charge >= 0.3 is 0 Å². The van der Waals surface area contributed by atoms with Gasteiger partial charge in [-0.1, -0.05) is 20.3 Å². The standard InChI is InChI=1S/C14H24N2S/c1-9-4-5-12(6-10(9)2)14(15)7-13-8-17-11(3)16-13/h8-10,12,14H,4-7,15H2,1-3H3. The largest absolute Gasteiger partial charge is 0.327 e. The van der Waals surface area contributed by atoms with Gasteiger partial charge in [0, 0.05) is 17.8 Å². The summed E-state index contributed by atoms with van der Waals surface area (Å²) in [5.74, 6) is 2.40. The van der Waals surface area contributed by atoms with E-state index in [9.17, 15) is 0 Å². The number of aromatic nitrogens is 1. The van der Waals surface area contributed by atoms with Crippen molar-refractivity contribution in [1.29, 1.82) is 0 Å². The van der Waals surface area contributed by atoms with Crippen LogP contribution in [0.1, 0.15) is 43.8 Å². The fourth-order valence-corrected chi connectivity index (χ4v) is 3.51. The van der Waals surface area contributed by atoms with Crippen molar-refractivity contribution in [3.63, 3.8) is 0 Å². The van der Waals surface area contributed by atoms with E-state index in [0.717, 1.165) is 23.3 Å². The maximum absolute atomic E-state index is 6.36. The second-order valence-corrected chi connectivity index (χ2v) is 6.82. The molecule has 1 heterocycles. The molecule has 0 aliphatic heterocycles. The Labute approximate surface area is 109 Å². The molecule has 1 fully saturated rings. The Morgan fingerprint density at radius 3 is 2.76 bits per heavy atom. The zero-order chi connectivity index (χ0) is 12.4. The van der Waals surface area contributed by atoms with Crippen LogP contribution in [0, 0.1) is 24.7 Å². The van der Waals surface area contributed by atoms with Gasteiger partial charge in [0.05, 0.1) is 10.7 Å². The molecule has 1 saturated carbocycles. The fraction of sp³-hybridized carbons (Fsp3) is 0.786. The van der Waals surface area contributed by atoms with Crippen molar-refractivity contribution in [3.8, 4) is 0 Å². The molecule has 0 amide bonds. The Morgan fingerprint density at radius 2 is 2.18 bits per heavy atom. The summed E-state index contributed by atoms with van der Waals surface area (Å²) in [5.41, 5.74) is 7.55. The SMILES string of the molecule is Cc1nc(CC(N)C2CCC(C)C(C)C2)cs1. The molecule has 0 bridgehead atoms. The van der Waals surface area contributed by atoms with Gasteiger partial charge in [-0.3, -0.25) is 0 Å². The first-order chi connectivity index (χ1) is 8.06. The van der Waals surface area contributed by atoms with E-state index in [4.69, 9.17) is 5.73 Å². The average Bonchev–Trinajstić information content (AvgIpc) is 2.68. The topological polar surface area (TPSA) is 38.9 Å². The lowest BCUT2D eigenvalue weighted by atomic mass is 9.73. The summed E-state index contributed by atoms with van der Waals surface area (Å²) in [6.07, 6.45) is 4.90. The predicted octanol–water partition coefficient (Wildman–Crippen LogP) is 3.39. The number of rotatable bonds is 3. The molecular weight excluding hydrogens is 228 g/mol. The Bertz CT molecular complexity index is 361. The van der Waals surface area contributed by atoms with Crippen LogP contribution in [0.2, 0.25) is 0 Å². The second kappa shape index (κ2) is 5.49. The highest BCUT2D eigenvalue weighted by atomic mass is 32.1. The Kier molecular flexibility index (Phi) is 4.21. The highest BCUT2D eigenvalue weighted by Crippen LogP contribution is 2.35. The summed E-state index contributed by atoms with van der Waals surface area (Å²) < 4.78 is 0. The lowest BCUT2D eigenvalue weighted by Crippen LogP contribution is -2.37. The molecule has 1 aromatic heterocycles. The van der Waals surface area contributed by atoms with Gasteiger partial charge in [-0.25, -0.2) is 4.98 Å². The van der Waals surface area contributed by atoms with Gasteiger partial charge in [-0.15, -0.1) is 11.3 Å². The number of aryl methyl sites for hydroxylation is 1. The molecule has 2 rings (SSSR count). The molecule has 0 spiro atoms. The molecule has 0 radical (unpaired) electrons. The van der Waals surface area contributed by atoms with Crippen LogP contribution < -0.4 is 5.73 Å². The van der Waals surface area contributed by atoms with E-state index in [0.29, 0.717) is 12.0 Å². The molecule has 0 saturated heterocycles. The van der Waals surface area contributed by atoms with Gasteiger partial charge in [0.25, 0.3) is 0 Å². The van der Waals surface area contributed by atoms with E-state index in [-0.39, 0.29) is 0 Å². The van der Waals surface area contributed by atoms with Gasteiger partial charge < -0.3 is 5.73 Å². The van der Waals surface area contributed by atoms with Crippen LogP contribution in [-0.2, 0) is 6.42 Å². The van der Waals surface area contributed by atoms with Crippen molar-refractivity contribution in [3.05, 3.63) is 16.1 Å². The van der Waals surface area contributed by atoms with E-state index < -0.39 is 0 Å². The Balaban J connectivity index is 1.90. The van der Waals surface area contributed by atoms with Crippen molar-refractivity contribution >= 4 is 11.3 Å². The van der Waals surface area contributed by atoms with Gasteiger partial charge in [-0.2, -0.15) is 0 Å². The fourth-order valence-electron chi connectivity index (χ4n) is 2.89. The van der Waals surface area contributed by atoms with Crippen molar-refractivity contribution in [1.82, 2.24) is 4.98 Å². The molecule has 4 atom stereocenters. The molecular formula is C14H24N2S. The van der Waals surface area contributed by atoms with Gasteiger partial charge in [0.15, 0.2) is 0 Å². The summed E-state index contributed by atoms with van der Waals surface area (Å²) in [6, 6.07) is 0.298. The number of nitrogens with zero attached hydrogens (tertiary/aromatic N) is 1. The quantitative estimate of drug-likeness (QED) is 0.895. The summed E-state index contributed by atoms with van der Waals surface area (Å²) >= 11 is 1.73. The smallest absolute Gasteiger partial charge is 0.0897 e. The lowest BCUT2D eigenvalue weighted by Gasteiger charge is -2.35. The maximum atomic E-state index is 6.36. The van der Waals surface area contributed by atoms with Crippen LogP contribution >= 0.6 is 11.3 Å². The van der Waals surface area contributed by atoms with Crippen LogP contribution in [-0.4, -0.2) is 11.0 Å². The molecule has 0 aromatic carbocycles. The summed E-state index contributed by atoms with van der Waals surface area (Å²) in [7, 11) is 0. The highest BCUT2D eigenvalue weighted by Gasteiger charge is 2.28. The van der Waals surface area contributed by atoms with Gasteiger partial charge in [0.2, 0.25) is 0 Å². The molecule has 1 aliphatic rings. The van der Waals surface area contributed by atoms with E-state index in [1.807, 2.05) is 0 Å². The first kappa shape index (κ1) is 13.0. The van der Waals surface area contributed by atoms with E-state index >= 15 is 0 Å². The average molecular weight is 252 g/mol. The van der Waals surface area contributed by atoms with E-state index in [1.54, 1.807) is 11.3 Å². The number of hydrogen-bond acceptors (Lipinski definition) is 3. The van der Waals surface area contributed by atoms with E-state index in [2.05, 4.69) is 31.1 Å². The molecule has 1 aromatic rings. The molecule has 2 N–H and O–H groups in total. The van der Waals surface area contributed by atoms with Gasteiger partial charge in [0.1, 0.15) is 0 Å². The molecule has 96 valence electrons. The minimum atomic E-state index is 0.298. The highest BCUT2D eigenvalue weighted by molar-refractivity contribution is 7.09.